The molecule has 19 heavy (non-hydrogen) atoms. The summed E-state index contributed by atoms with van der Waals surface area (Å²) >= 11 is 0. The van der Waals surface area contributed by atoms with Gasteiger partial charge in [0.1, 0.15) is 0 Å². The van der Waals surface area contributed by atoms with Gasteiger partial charge in [-0.15, -0.1) is 0 Å². The summed E-state index contributed by atoms with van der Waals surface area (Å²) in [4.78, 5) is 4.14. The lowest BCUT2D eigenvalue weighted by Gasteiger charge is -2.09. The molecule has 0 fully saturated rings. The molecule has 2 aromatic rings. The lowest BCUT2D eigenvalue weighted by Crippen LogP contribution is -2.19. The number of benzene rings is 1. The number of rotatable bonds is 6. The van der Waals surface area contributed by atoms with E-state index in [0.717, 1.165) is 17.8 Å². The highest BCUT2D eigenvalue weighted by Crippen LogP contribution is 2.08. The van der Waals surface area contributed by atoms with E-state index in [1.807, 2.05) is 35.0 Å². The van der Waals surface area contributed by atoms with Gasteiger partial charge in [-0.2, -0.15) is 5.26 Å². The number of nitrogens with zero attached hydrogens (tertiary/aromatic N) is 3. The first-order valence-corrected chi connectivity index (χ1v) is 6.13. The first kappa shape index (κ1) is 13.3. The highest BCUT2D eigenvalue weighted by molar-refractivity contribution is 5.31. The lowest BCUT2D eigenvalue weighted by atomic mass is 10.1. The second-order valence-corrected chi connectivity index (χ2v) is 4.22. The molecule has 0 atom stereocenters. The van der Waals surface area contributed by atoms with Gasteiger partial charge < -0.3 is 15.0 Å². The molecule has 5 heteroatoms. The molecule has 0 spiro atoms. The number of imidazole rings is 1. The maximum Gasteiger partial charge on any atom is 0.0991 e. The van der Waals surface area contributed by atoms with Crippen LogP contribution in [0.3, 0.4) is 0 Å². The van der Waals surface area contributed by atoms with E-state index in [1.54, 1.807) is 6.33 Å². The first-order valence-electron chi connectivity index (χ1n) is 6.13. The molecule has 0 saturated carbocycles. The van der Waals surface area contributed by atoms with Gasteiger partial charge in [-0.25, -0.2) is 4.98 Å². The van der Waals surface area contributed by atoms with Crippen molar-refractivity contribution in [3.8, 4) is 6.07 Å². The normalized spacial score (nSPS) is 10.3. The maximum absolute atomic E-state index is 8.76. The molecule has 5 nitrogen and oxygen atoms in total. The third-order valence-electron chi connectivity index (χ3n) is 2.83. The van der Waals surface area contributed by atoms with Crippen LogP contribution in [0.4, 0.5) is 0 Å². The van der Waals surface area contributed by atoms with Gasteiger partial charge >= 0.3 is 0 Å². The Morgan fingerprint density at radius 2 is 2.11 bits per heavy atom. The van der Waals surface area contributed by atoms with Crippen LogP contribution in [-0.4, -0.2) is 27.8 Å². The van der Waals surface area contributed by atoms with Crippen molar-refractivity contribution >= 4 is 0 Å². The summed E-state index contributed by atoms with van der Waals surface area (Å²) in [6, 6.07) is 9.63. The quantitative estimate of drug-likeness (QED) is 0.753. The van der Waals surface area contributed by atoms with E-state index in [1.165, 1.54) is 0 Å². The third kappa shape index (κ3) is 3.65. The topological polar surface area (TPSA) is 73.9 Å². The Kier molecular flexibility index (Phi) is 4.67. The number of hydrogen-bond donors (Lipinski definition) is 2. The predicted molar refractivity (Wildman–Crippen MR) is 71.3 cm³/mol. The fourth-order valence-corrected chi connectivity index (χ4v) is 1.81. The molecule has 0 radical (unpaired) electrons. The first-order chi connectivity index (χ1) is 9.33. The Labute approximate surface area is 112 Å². The maximum atomic E-state index is 8.76. The van der Waals surface area contributed by atoms with Gasteiger partial charge in [-0.3, -0.25) is 0 Å². The molecule has 98 valence electrons. The molecular formula is C14H16N4O. The zero-order chi connectivity index (χ0) is 13.5. The van der Waals surface area contributed by atoms with Crippen LogP contribution in [0.5, 0.6) is 0 Å². The summed E-state index contributed by atoms with van der Waals surface area (Å²) in [7, 11) is 0. The number of hydrogen-bond acceptors (Lipinski definition) is 4. The number of aliphatic hydroxyl groups excluding tert-OH is 1. The summed E-state index contributed by atoms with van der Waals surface area (Å²) in [5.41, 5.74) is 2.86. The highest BCUT2D eigenvalue weighted by atomic mass is 16.3. The van der Waals surface area contributed by atoms with E-state index in [2.05, 4.69) is 16.4 Å². The van der Waals surface area contributed by atoms with E-state index < -0.39 is 0 Å². The van der Waals surface area contributed by atoms with Crippen molar-refractivity contribution in [2.75, 3.05) is 13.2 Å². The largest absolute Gasteiger partial charge is 0.395 e. The molecule has 1 aromatic heterocycles. The number of nitrogens with one attached hydrogen (secondary N) is 1. The van der Waals surface area contributed by atoms with Crippen LogP contribution in [0.25, 0.3) is 0 Å². The molecule has 1 heterocycles. The van der Waals surface area contributed by atoms with E-state index in [0.29, 0.717) is 18.7 Å². The molecule has 0 aliphatic heterocycles. The van der Waals surface area contributed by atoms with Crippen molar-refractivity contribution in [2.45, 2.75) is 13.1 Å². The van der Waals surface area contributed by atoms with Gasteiger partial charge in [-0.1, -0.05) is 12.1 Å². The fourth-order valence-electron chi connectivity index (χ4n) is 1.81. The average Bonchev–Trinajstić information content (AvgIpc) is 2.87. The van der Waals surface area contributed by atoms with Crippen molar-refractivity contribution in [3.63, 3.8) is 0 Å². The van der Waals surface area contributed by atoms with E-state index in [9.17, 15) is 0 Å². The minimum absolute atomic E-state index is 0.129. The van der Waals surface area contributed by atoms with Crippen molar-refractivity contribution in [1.29, 1.82) is 5.26 Å². The van der Waals surface area contributed by atoms with Gasteiger partial charge in [0.15, 0.2) is 0 Å². The molecule has 2 rings (SSSR count). The lowest BCUT2D eigenvalue weighted by molar-refractivity contribution is 0.291. The summed E-state index contributed by atoms with van der Waals surface area (Å²) < 4.78 is 2.05. The smallest absolute Gasteiger partial charge is 0.0991 e. The van der Waals surface area contributed by atoms with Gasteiger partial charge in [0.05, 0.1) is 30.3 Å². The molecule has 0 aliphatic carbocycles. The Hall–Kier alpha value is -2.16. The molecular weight excluding hydrogens is 240 g/mol. The summed E-state index contributed by atoms with van der Waals surface area (Å²) in [6.45, 7) is 2.10. The van der Waals surface area contributed by atoms with Crippen LogP contribution in [0.15, 0.2) is 36.8 Å². The molecule has 0 amide bonds. The van der Waals surface area contributed by atoms with Crippen LogP contribution < -0.4 is 5.32 Å². The second-order valence-electron chi connectivity index (χ2n) is 4.22. The van der Waals surface area contributed by atoms with Crippen molar-refractivity contribution in [1.82, 2.24) is 14.9 Å². The number of nitriles is 1. The van der Waals surface area contributed by atoms with E-state index in [-0.39, 0.29) is 6.61 Å². The standard InChI is InChI=1S/C14H16N4O/c15-7-12-1-3-13(4-2-12)10-18-11-17-9-14(18)8-16-5-6-19/h1-4,9,11,16,19H,5-6,8,10H2. The van der Waals surface area contributed by atoms with Crippen molar-refractivity contribution in [2.24, 2.45) is 0 Å². The van der Waals surface area contributed by atoms with Crippen molar-refractivity contribution < 1.29 is 5.11 Å². The molecule has 0 bridgehead atoms. The van der Waals surface area contributed by atoms with Crippen LogP contribution in [0.2, 0.25) is 0 Å². The minimum atomic E-state index is 0.129. The number of aromatic nitrogens is 2. The summed E-state index contributed by atoms with van der Waals surface area (Å²) in [6.07, 6.45) is 3.60. The van der Waals surface area contributed by atoms with Gasteiger partial charge in [0.2, 0.25) is 0 Å². The fraction of sp³-hybridized carbons (Fsp3) is 0.286. The minimum Gasteiger partial charge on any atom is -0.395 e. The molecule has 1 aromatic carbocycles. The SMILES string of the molecule is N#Cc1ccc(Cn2cncc2CNCCO)cc1. The molecule has 0 aliphatic rings. The second kappa shape index (κ2) is 6.69. The highest BCUT2D eigenvalue weighted by Gasteiger charge is 2.02. The zero-order valence-electron chi connectivity index (χ0n) is 10.6. The Morgan fingerprint density at radius 1 is 1.32 bits per heavy atom. The van der Waals surface area contributed by atoms with Crippen LogP contribution in [-0.2, 0) is 13.1 Å². The van der Waals surface area contributed by atoms with E-state index in [4.69, 9.17) is 10.4 Å². The Bertz CT molecular complexity index is 554. The Balaban J connectivity index is 2.02. The molecule has 0 saturated heterocycles. The molecule has 0 unspecified atom stereocenters. The van der Waals surface area contributed by atoms with Crippen LogP contribution >= 0.6 is 0 Å². The summed E-state index contributed by atoms with van der Waals surface area (Å²) in [5.74, 6) is 0. The van der Waals surface area contributed by atoms with Gasteiger partial charge in [0.25, 0.3) is 0 Å². The van der Waals surface area contributed by atoms with Gasteiger partial charge in [0, 0.05) is 25.8 Å². The molecule has 2 N–H and O–H groups in total. The predicted octanol–water partition coefficient (Wildman–Crippen LogP) is 0.885. The Morgan fingerprint density at radius 3 is 2.79 bits per heavy atom. The van der Waals surface area contributed by atoms with Crippen LogP contribution in [0.1, 0.15) is 16.8 Å². The third-order valence-corrected chi connectivity index (χ3v) is 2.83. The average molecular weight is 256 g/mol. The van der Waals surface area contributed by atoms with Crippen LogP contribution in [0, 0.1) is 11.3 Å². The summed E-state index contributed by atoms with van der Waals surface area (Å²) in [5, 5.41) is 20.6. The van der Waals surface area contributed by atoms with E-state index >= 15 is 0 Å². The monoisotopic (exact) mass is 256 g/mol. The zero-order valence-corrected chi connectivity index (χ0v) is 10.6. The van der Waals surface area contributed by atoms with Gasteiger partial charge in [-0.05, 0) is 17.7 Å². The number of aliphatic hydroxyl groups is 1. The van der Waals surface area contributed by atoms with Crippen molar-refractivity contribution in [3.05, 3.63) is 53.6 Å².